The second-order valence-corrected chi connectivity index (χ2v) is 5.89. The fourth-order valence-electron chi connectivity index (χ4n) is 1.70. The molecule has 0 aromatic heterocycles. The van der Waals surface area contributed by atoms with Gasteiger partial charge < -0.3 is 15.5 Å². The maximum absolute atomic E-state index is 12.0. The Labute approximate surface area is 121 Å². The number of benzene rings is 1. The number of hydrogen-bond acceptors (Lipinski definition) is 3. The molecule has 1 atom stereocenters. The molecule has 1 aromatic rings. The predicted molar refractivity (Wildman–Crippen MR) is 78.6 cm³/mol. The molecule has 0 bridgehead atoms. The molecule has 0 spiro atoms. The Morgan fingerprint density at radius 1 is 1.44 bits per heavy atom. The molecule has 3 N–H and O–H groups in total. The van der Waals surface area contributed by atoms with Gasteiger partial charge in [0, 0.05) is 3.57 Å². The first-order valence-electron chi connectivity index (χ1n) is 5.84. The highest BCUT2D eigenvalue weighted by molar-refractivity contribution is 14.1. The maximum Gasteiger partial charge on any atom is 0.255 e. The molecule has 5 heteroatoms. The second kappa shape index (κ2) is 6.94. The van der Waals surface area contributed by atoms with E-state index in [2.05, 4.69) is 27.9 Å². The van der Waals surface area contributed by atoms with E-state index in [-0.39, 0.29) is 29.9 Å². The van der Waals surface area contributed by atoms with Crippen molar-refractivity contribution in [1.82, 2.24) is 5.32 Å². The summed E-state index contributed by atoms with van der Waals surface area (Å²) >= 11 is 2.08. The van der Waals surface area contributed by atoms with Crippen LogP contribution in [0.5, 0.6) is 5.75 Å². The number of amides is 1. The molecule has 0 aliphatic heterocycles. The van der Waals surface area contributed by atoms with Crippen LogP contribution in [0, 0.1) is 9.49 Å². The van der Waals surface area contributed by atoms with Crippen molar-refractivity contribution < 1.29 is 15.0 Å². The molecule has 0 radical (unpaired) electrons. The van der Waals surface area contributed by atoms with Gasteiger partial charge >= 0.3 is 0 Å². The quantitative estimate of drug-likeness (QED) is 0.702. The van der Waals surface area contributed by atoms with E-state index in [0.717, 1.165) is 3.57 Å². The van der Waals surface area contributed by atoms with Gasteiger partial charge in [-0.05, 0) is 53.1 Å². The van der Waals surface area contributed by atoms with Crippen LogP contribution in [0.4, 0.5) is 0 Å². The van der Waals surface area contributed by atoms with Gasteiger partial charge in [-0.3, -0.25) is 4.79 Å². The highest BCUT2D eigenvalue weighted by atomic mass is 127. The lowest BCUT2D eigenvalue weighted by atomic mass is 10.0. The third-order valence-corrected chi connectivity index (χ3v) is 3.19. The lowest BCUT2D eigenvalue weighted by Crippen LogP contribution is -2.38. The topological polar surface area (TPSA) is 69.6 Å². The summed E-state index contributed by atoms with van der Waals surface area (Å²) in [7, 11) is 0. The van der Waals surface area contributed by atoms with Gasteiger partial charge in [0.15, 0.2) is 0 Å². The number of nitrogens with one attached hydrogen (secondary N) is 1. The molecular weight excluding hydrogens is 345 g/mol. The van der Waals surface area contributed by atoms with Crippen LogP contribution >= 0.6 is 22.6 Å². The number of rotatable bonds is 5. The molecule has 18 heavy (non-hydrogen) atoms. The molecule has 0 aliphatic rings. The van der Waals surface area contributed by atoms with E-state index in [1.54, 1.807) is 12.1 Å². The molecule has 1 rings (SSSR count). The molecule has 0 heterocycles. The number of phenolic OH excluding ortho intramolecular Hbond substituents is 1. The average molecular weight is 363 g/mol. The minimum Gasteiger partial charge on any atom is -0.507 e. The number of hydrogen-bond donors (Lipinski definition) is 3. The zero-order valence-electron chi connectivity index (χ0n) is 10.5. The molecule has 0 saturated carbocycles. The van der Waals surface area contributed by atoms with E-state index in [4.69, 9.17) is 0 Å². The zero-order valence-corrected chi connectivity index (χ0v) is 12.6. The third kappa shape index (κ3) is 4.45. The maximum atomic E-state index is 12.0. The number of aromatic hydroxyl groups is 1. The van der Waals surface area contributed by atoms with E-state index in [9.17, 15) is 15.0 Å². The first-order chi connectivity index (χ1) is 8.43. The summed E-state index contributed by atoms with van der Waals surface area (Å²) in [6.07, 6.45) is 0.701. The van der Waals surface area contributed by atoms with Gasteiger partial charge in [-0.1, -0.05) is 13.8 Å². The molecule has 0 saturated heterocycles. The SMILES string of the molecule is CC(C)CC(CO)NC(=O)c1cc(I)ccc1O. The van der Waals surface area contributed by atoms with Crippen molar-refractivity contribution in [3.63, 3.8) is 0 Å². The van der Waals surface area contributed by atoms with Crippen molar-refractivity contribution in [1.29, 1.82) is 0 Å². The van der Waals surface area contributed by atoms with Crippen molar-refractivity contribution >= 4 is 28.5 Å². The van der Waals surface area contributed by atoms with Crippen LogP contribution in [0.3, 0.4) is 0 Å². The van der Waals surface area contributed by atoms with E-state index in [1.807, 2.05) is 13.8 Å². The smallest absolute Gasteiger partial charge is 0.255 e. The van der Waals surface area contributed by atoms with Crippen LogP contribution in [0.25, 0.3) is 0 Å². The summed E-state index contributed by atoms with van der Waals surface area (Å²) in [5, 5.41) is 21.6. The van der Waals surface area contributed by atoms with Crippen LogP contribution in [0.1, 0.15) is 30.6 Å². The highest BCUT2D eigenvalue weighted by Gasteiger charge is 2.17. The number of phenols is 1. The first-order valence-corrected chi connectivity index (χ1v) is 6.92. The first kappa shape index (κ1) is 15.2. The Balaban J connectivity index is 2.77. The Morgan fingerprint density at radius 2 is 2.11 bits per heavy atom. The fourth-order valence-corrected chi connectivity index (χ4v) is 2.19. The molecule has 100 valence electrons. The van der Waals surface area contributed by atoms with Crippen LogP contribution in [0.15, 0.2) is 18.2 Å². The number of aliphatic hydroxyl groups excluding tert-OH is 1. The van der Waals surface area contributed by atoms with E-state index in [1.165, 1.54) is 6.07 Å². The van der Waals surface area contributed by atoms with Gasteiger partial charge in [0.1, 0.15) is 5.75 Å². The normalized spacial score (nSPS) is 12.5. The van der Waals surface area contributed by atoms with Crippen LogP contribution in [-0.4, -0.2) is 28.8 Å². The van der Waals surface area contributed by atoms with E-state index >= 15 is 0 Å². The summed E-state index contributed by atoms with van der Waals surface area (Å²) in [4.78, 5) is 12.0. The van der Waals surface area contributed by atoms with Crippen molar-refractivity contribution in [3.8, 4) is 5.75 Å². The monoisotopic (exact) mass is 363 g/mol. The summed E-state index contributed by atoms with van der Waals surface area (Å²) in [5.41, 5.74) is 0.240. The van der Waals surface area contributed by atoms with Gasteiger partial charge in [-0.25, -0.2) is 0 Å². The second-order valence-electron chi connectivity index (χ2n) is 4.64. The molecule has 1 unspecified atom stereocenters. The van der Waals surface area contributed by atoms with Crippen molar-refractivity contribution in [2.75, 3.05) is 6.61 Å². The lowest BCUT2D eigenvalue weighted by Gasteiger charge is -2.18. The minimum absolute atomic E-state index is 0.0471. The van der Waals surface area contributed by atoms with Crippen molar-refractivity contribution in [3.05, 3.63) is 27.3 Å². The van der Waals surface area contributed by atoms with E-state index < -0.39 is 0 Å². The Morgan fingerprint density at radius 3 is 2.67 bits per heavy atom. The number of aliphatic hydroxyl groups is 1. The number of halogens is 1. The van der Waals surface area contributed by atoms with Gasteiger partial charge in [0.05, 0.1) is 18.2 Å². The Bertz CT molecular complexity index is 421. The van der Waals surface area contributed by atoms with Crippen molar-refractivity contribution in [2.45, 2.75) is 26.3 Å². The van der Waals surface area contributed by atoms with E-state index in [0.29, 0.717) is 12.3 Å². The fraction of sp³-hybridized carbons (Fsp3) is 0.462. The molecule has 0 fully saturated rings. The van der Waals surface area contributed by atoms with Crippen molar-refractivity contribution in [2.24, 2.45) is 5.92 Å². The van der Waals surface area contributed by atoms with Crippen LogP contribution in [0.2, 0.25) is 0 Å². The predicted octanol–water partition coefficient (Wildman–Crippen LogP) is 2.13. The molecule has 4 nitrogen and oxygen atoms in total. The van der Waals surface area contributed by atoms with Crippen LogP contribution < -0.4 is 5.32 Å². The number of carbonyl (C=O) groups is 1. The average Bonchev–Trinajstić information content (AvgIpc) is 2.30. The zero-order chi connectivity index (χ0) is 13.7. The Hall–Kier alpha value is -0.820. The highest BCUT2D eigenvalue weighted by Crippen LogP contribution is 2.19. The minimum atomic E-state index is -0.356. The number of carbonyl (C=O) groups excluding carboxylic acids is 1. The van der Waals surface area contributed by atoms with Gasteiger partial charge in [-0.15, -0.1) is 0 Å². The standard InChI is InChI=1S/C13H18INO3/c1-8(2)5-10(7-16)15-13(18)11-6-9(14)3-4-12(11)17/h3-4,6,8,10,16-17H,5,7H2,1-2H3,(H,15,18). The summed E-state index contributed by atoms with van der Waals surface area (Å²) < 4.78 is 0.875. The van der Waals surface area contributed by atoms with Gasteiger partial charge in [0.2, 0.25) is 0 Å². The van der Waals surface area contributed by atoms with Gasteiger partial charge in [0.25, 0.3) is 5.91 Å². The van der Waals surface area contributed by atoms with Gasteiger partial charge in [-0.2, -0.15) is 0 Å². The molecular formula is C13H18INO3. The summed E-state index contributed by atoms with van der Waals surface area (Å²) in [6.45, 7) is 3.95. The summed E-state index contributed by atoms with van der Waals surface area (Å²) in [6, 6.07) is 4.56. The third-order valence-electron chi connectivity index (χ3n) is 2.51. The molecule has 0 aliphatic carbocycles. The molecule has 1 aromatic carbocycles. The largest absolute Gasteiger partial charge is 0.507 e. The Kier molecular flexibility index (Phi) is 5.87. The van der Waals surface area contributed by atoms with Crippen LogP contribution in [-0.2, 0) is 0 Å². The molecule has 1 amide bonds. The lowest BCUT2D eigenvalue weighted by molar-refractivity contribution is 0.0905. The summed E-state index contributed by atoms with van der Waals surface area (Å²) in [5.74, 6) is -0.0215.